The van der Waals surface area contributed by atoms with Crippen LogP contribution in [0.4, 0.5) is 0 Å². The van der Waals surface area contributed by atoms with Crippen molar-refractivity contribution in [2.24, 2.45) is 11.8 Å². The quantitative estimate of drug-likeness (QED) is 0.0566. The van der Waals surface area contributed by atoms with Crippen molar-refractivity contribution in [1.82, 2.24) is 9.80 Å². The van der Waals surface area contributed by atoms with Gasteiger partial charge in [-0.05, 0) is 59.3 Å². The van der Waals surface area contributed by atoms with Crippen LogP contribution in [-0.4, -0.2) is 57.2 Å². The van der Waals surface area contributed by atoms with Gasteiger partial charge in [0.2, 0.25) is 0 Å². The fraction of sp³-hybridized carbons (Fsp3) is 0.971. The van der Waals surface area contributed by atoms with Crippen LogP contribution in [0.15, 0.2) is 0 Å². The summed E-state index contributed by atoms with van der Waals surface area (Å²) < 4.78 is 4.71. The molecule has 1 saturated carbocycles. The fourth-order valence-electron chi connectivity index (χ4n) is 6.34. The van der Waals surface area contributed by atoms with Gasteiger partial charge in [0, 0.05) is 6.42 Å². The second-order valence-electron chi connectivity index (χ2n) is 12.9. The maximum Gasteiger partial charge on any atom is 0.305 e. The number of carbonyl (C=O) groups is 1. The maximum absolute atomic E-state index is 11.1. The molecule has 1 rings (SSSR count). The fourth-order valence-corrected chi connectivity index (χ4v) is 6.34. The number of rotatable bonds is 28. The molecule has 1 aliphatic rings. The minimum atomic E-state index is -0.0538. The molecule has 226 valence electrons. The number of hydrogen-bond donors (Lipinski definition) is 0. The smallest absolute Gasteiger partial charge is 0.305 e. The lowest BCUT2D eigenvalue weighted by atomic mass is 10.0. The Balaban J connectivity index is 1.71. The lowest BCUT2D eigenvalue weighted by molar-refractivity contribution is -0.140. The summed E-state index contributed by atoms with van der Waals surface area (Å²) in [6.45, 7) is 0. The van der Waals surface area contributed by atoms with Gasteiger partial charge in [-0.2, -0.15) is 0 Å². The van der Waals surface area contributed by atoms with E-state index in [0.29, 0.717) is 12.6 Å². The zero-order chi connectivity index (χ0) is 27.8. The van der Waals surface area contributed by atoms with E-state index in [0.717, 1.165) is 18.3 Å². The predicted molar refractivity (Wildman–Crippen MR) is 166 cm³/mol. The predicted octanol–water partition coefficient (Wildman–Crippen LogP) is 9.61. The van der Waals surface area contributed by atoms with Gasteiger partial charge in [0.1, 0.15) is 0 Å². The second-order valence-corrected chi connectivity index (χ2v) is 12.9. The molecule has 1 fully saturated rings. The average molecular weight is 537 g/mol. The van der Waals surface area contributed by atoms with Crippen molar-refractivity contribution in [2.75, 3.05) is 35.3 Å². The molecule has 4 nitrogen and oxygen atoms in total. The summed E-state index contributed by atoms with van der Waals surface area (Å²) in [6, 6.07) is 0. The monoisotopic (exact) mass is 537 g/mol. The van der Waals surface area contributed by atoms with Crippen molar-refractivity contribution in [3.05, 3.63) is 0 Å². The molecule has 0 N–H and O–H groups in total. The van der Waals surface area contributed by atoms with Gasteiger partial charge in [-0.15, -0.1) is 0 Å². The van der Waals surface area contributed by atoms with Crippen LogP contribution in [0.25, 0.3) is 0 Å². The molecule has 4 heteroatoms. The van der Waals surface area contributed by atoms with Crippen molar-refractivity contribution in [3.63, 3.8) is 0 Å². The van der Waals surface area contributed by atoms with Gasteiger partial charge in [0.05, 0.1) is 13.3 Å². The first-order valence-corrected chi connectivity index (χ1v) is 16.8. The zero-order valence-corrected chi connectivity index (χ0v) is 26.6. The second kappa shape index (κ2) is 24.2. The Morgan fingerprint density at radius 1 is 0.579 bits per heavy atom. The van der Waals surface area contributed by atoms with Gasteiger partial charge in [-0.3, -0.25) is 14.6 Å². The highest BCUT2D eigenvalue weighted by molar-refractivity contribution is 5.68. The summed E-state index contributed by atoms with van der Waals surface area (Å²) in [5.41, 5.74) is 0. The van der Waals surface area contributed by atoms with Crippen molar-refractivity contribution in [2.45, 2.75) is 167 Å². The molecule has 0 aromatic rings. The van der Waals surface area contributed by atoms with Gasteiger partial charge in [-0.1, -0.05) is 135 Å². The number of carbonyl (C=O) groups excluding carboxylic acids is 1. The molecule has 38 heavy (non-hydrogen) atoms. The van der Waals surface area contributed by atoms with E-state index in [1.165, 1.54) is 155 Å². The standard InChI is InChI=1S/C34H68N2O2/c1-35(2)33(36(3)4)28-24-20-18-16-14-12-10-8-6-7-9-11-13-15-17-19-22-26-31-30-32(31)27-23-21-25-29-34(37)38-5/h31-33H,6-30H2,1-5H3. The molecule has 0 bridgehead atoms. The first-order valence-electron chi connectivity index (χ1n) is 16.8. The molecule has 0 radical (unpaired) electrons. The summed E-state index contributed by atoms with van der Waals surface area (Å²) >= 11 is 0. The number of unbranched alkanes of at least 4 members (excludes halogenated alkanes) is 18. The molecule has 2 atom stereocenters. The van der Waals surface area contributed by atoms with Crippen LogP contribution >= 0.6 is 0 Å². The van der Waals surface area contributed by atoms with Gasteiger partial charge in [-0.25, -0.2) is 0 Å². The minimum Gasteiger partial charge on any atom is -0.469 e. The topological polar surface area (TPSA) is 32.8 Å². The minimum absolute atomic E-state index is 0.0538. The Labute approximate surface area is 239 Å². The normalized spacial score (nSPS) is 17.2. The number of nitrogens with zero attached hydrogens (tertiary/aromatic N) is 2. The Kier molecular flexibility index (Phi) is 22.6. The van der Waals surface area contributed by atoms with E-state index in [9.17, 15) is 4.79 Å². The Morgan fingerprint density at radius 2 is 0.921 bits per heavy atom. The molecule has 0 aromatic carbocycles. The summed E-state index contributed by atoms with van der Waals surface area (Å²) in [7, 11) is 10.3. The van der Waals surface area contributed by atoms with E-state index < -0.39 is 0 Å². The largest absolute Gasteiger partial charge is 0.469 e. The summed E-state index contributed by atoms with van der Waals surface area (Å²) in [5.74, 6) is 1.99. The van der Waals surface area contributed by atoms with Crippen LogP contribution in [-0.2, 0) is 9.53 Å². The van der Waals surface area contributed by atoms with E-state index >= 15 is 0 Å². The molecule has 1 aliphatic carbocycles. The molecular weight excluding hydrogens is 468 g/mol. The molecule has 0 aliphatic heterocycles. The van der Waals surface area contributed by atoms with Crippen LogP contribution in [0, 0.1) is 11.8 Å². The number of hydrogen-bond acceptors (Lipinski definition) is 4. The third kappa shape index (κ3) is 20.3. The molecule has 0 spiro atoms. The van der Waals surface area contributed by atoms with Crippen LogP contribution in [0.1, 0.15) is 161 Å². The highest BCUT2D eigenvalue weighted by Crippen LogP contribution is 2.45. The van der Waals surface area contributed by atoms with Gasteiger partial charge < -0.3 is 4.74 Å². The molecular formula is C34H68N2O2. The molecule has 0 aromatic heterocycles. The highest BCUT2D eigenvalue weighted by Gasteiger charge is 2.35. The molecule has 0 heterocycles. The average Bonchev–Trinajstić information content (AvgIpc) is 3.64. The molecule has 0 saturated heterocycles. The highest BCUT2D eigenvalue weighted by atomic mass is 16.5. The number of esters is 1. The summed E-state index contributed by atoms with van der Waals surface area (Å²) in [5, 5.41) is 0. The third-order valence-corrected chi connectivity index (χ3v) is 8.98. The van der Waals surface area contributed by atoms with E-state index in [2.05, 4.69) is 38.0 Å². The van der Waals surface area contributed by atoms with E-state index in [1.54, 1.807) is 0 Å². The van der Waals surface area contributed by atoms with Crippen LogP contribution in [0.5, 0.6) is 0 Å². The Morgan fingerprint density at radius 3 is 1.29 bits per heavy atom. The van der Waals surface area contributed by atoms with E-state index in [-0.39, 0.29) is 5.97 Å². The lowest BCUT2D eigenvalue weighted by Gasteiger charge is -2.30. The zero-order valence-electron chi connectivity index (χ0n) is 26.6. The first kappa shape index (κ1) is 35.4. The van der Waals surface area contributed by atoms with Gasteiger partial charge in [0.25, 0.3) is 0 Å². The van der Waals surface area contributed by atoms with Crippen LogP contribution in [0.2, 0.25) is 0 Å². The molecule has 0 amide bonds. The van der Waals surface area contributed by atoms with Crippen LogP contribution < -0.4 is 0 Å². The lowest BCUT2D eigenvalue weighted by Crippen LogP contribution is -2.40. The Bertz CT molecular complexity index is 529. The van der Waals surface area contributed by atoms with E-state index in [1.807, 2.05) is 0 Å². The van der Waals surface area contributed by atoms with Gasteiger partial charge in [0.15, 0.2) is 0 Å². The van der Waals surface area contributed by atoms with Crippen molar-refractivity contribution in [1.29, 1.82) is 0 Å². The maximum atomic E-state index is 11.1. The van der Waals surface area contributed by atoms with Crippen LogP contribution in [0.3, 0.4) is 0 Å². The molecule has 2 unspecified atom stereocenters. The van der Waals surface area contributed by atoms with E-state index in [4.69, 9.17) is 4.74 Å². The Hall–Kier alpha value is -0.610. The first-order chi connectivity index (χ1) is 18.5. The van der Waals surface area contributed by atoms with Crippen molar-refractivity contribution < 1.29 is 9.53 Å². The summed E-state index contributed by atoms with van der Waals surface area (Å²) in [6.07, 6.45) is 34.9. The van der Waals surface area contributed by atoms with Crippen molar-refractivity contribution in [3.8, 4) is 0 Å². The summed E-state index contributed by atoms with van der Waals surface area (Å²) in [4.78, 5) is 15.8. The van der Waals surface area contributed by atoms with Gasteiger partial charge >= 0.3 is 5.97 Å². The number of ether oxygens (including phenoxy) is 1. The number of methoxy groups -OCH3 is 1. The SMILES string of the molecule is COC(=O)CCCCCC1CC1CCCCCCCCCCCCCCCCCCCC(N(C)C)N(C)C. The third-order valence-electron chi connectivity index (χ3n) is 8.98. The van der Waals surface area contributed by atoms with Crippen molar-refractivity contribution >= 4 is 5.97 Å².